The van der Waals surface area contributed by atoms with Crippen LogP contribution in [0.15, 0.2) is 48.5 Å². The van der Waals surface area contributed by atoms with Crippen molar-refractivity contribution in [2.75, 3.05) is 0 Å². The molecule has 0 saturated heterocycles. The van der Waals surface area contributed by atoms with E-state index in [1.807, 2.05) is 25.1 Å². The van der Waals surface area contributed by atoms with Gasteiger partial charge in [0.15, 0.2) is 0 Å². The van der Waals surface area contributed by atoms with E-state index in [9.17, 15) is 4.79 Å². The molecular weight excluding hydrogens is 236 g/mol. The molecule has 0 unspecified atom stereocenters. The molecule has 0 atom stereocenters. The summed E-state index contributed by atoms with van der Waals surface area (Å²) >= 11 is 5.82. The minimum Gasteiger partial charge on any atom is -0.423 e. The van der Waals surface area contributed by atoms with Crippen molar-refractivity contribution < 1.29 is 9.53 Å². The van der Waals surface area contributed by atoms with Gasteiger partial charge in [0.25, 0.3) is 0 Å². The van der Waals surface area contributed by atoms with Gasteiger partial charge in [0.1, 0.15) is 5.75 Å². The van der Waals surface area contributed by atoms with E-state index in [1.54, 1.807) is 30.3 Å². The Hall–Kier alpha value is -1.80. The van der Waals surface area contributed by atoms with Gasteiger partial charge in [-0.2, -0.15) is 0 Å². The zero-order valence-electron chi connectivity index (χ0n) is 9.31. The van der Waals surface area contributed by atoms with Crippen LogP contribution in [-0.2, 0) is 0 Å². The van der Waals surface area contributed by atoms with Crippen molar-refractivity contribution in [2.24, 2.45) is 0 Å². The van der Waals surface area contributed by atoms with Gasteiger partial charge in [-0.05, 0) is 36.8 Å². The Morgan fingerprint density at radius 3 is 2.59 bits per heavy atom. The molecule has 0 spiro atoms. The zero-order chi connectivity index (χ0) is 12.3. The van der Waals surface area contributed by atoms with Crippen molar-refractivity contribution in [3.8, 4) is 5.75 Å². The molecule has 2 aromatic carbocycles. The SMILES string of the molecule is Cc1ccccc1OC(=O)c1cccc(Cl)c1. The number of aryl methyl sites for hydroxylation is 1. The first-order valence-corrected chi connectivity index (χ1v) is 5.58. The van der Waals surface area contributed by atoms with Crippen LogP contribution in [0.3, 0.4) is 0 Å². The predicted octanol–water partition coefficient (Wildman–Crippen LogP) is 3.87. The van der Waals surface area contributed by atoms with E-state index in [0.717, 1.165) is 5.56 Å². The molecule has 0 heterocycles. The molecule has 0 amide bonds. The highest BCUT2D eigenvalue weighted by molar-refractivity contribution is 6.30. The zero-order valence-corrected chi connectivity index (χ0v) is 10.1. The van der Waals surface area contributed by atoms with Crippen molar-refractivity contribution in [3.05, 3.63) is 64.7 Å². The molecule has 0 aliphatic heterocycles. The maximum atomic E-state index is 11.8. The summed E-state index contributed by atoms with van der Waals surface area (Å²) in [6, 6.07) is 14.1. The molecule has 17 heavy (non-hydrogen) atoms. The topological polar surface area (TPSA) is 26.3 Å². The highest BCUT2D eigenvalue weighted by Gasteiger charge is 2.09. The molecule has 2 nitrogen and oxygen atoms in total. The van der Waals surface area contributed by atoms with Gasteiger partial charge in [-0.1, -0.05) is 35.9 Å². The van der Waals surface area contributed by atoms with E-state index in [4.69, 9.17) is 16.3 Å². The third-order valence-corrected chi connectivity index (χ3v) is 2.59. The molecule has 0 N–H and O–H groups in total. The van der Waals surface area contributed by atoms with Gasteiger partial charge in [0, 0.05) is 5.02 Å². The predicted molar refractivity (Wildman–Crippen MR) is 67.6 cm³/mol. The second-order valence-electron chi connectivity index (χ2n) is 3.67. The van der Waals surface area contributed by atoms with Crippen molar-refractivity contribution in [1.82, 2.24) is 0 Å². The maximum absolute atomic E-state index is 11.8. The maximum Gasteiger partial charge on any atom is 0.343 e. The van der Waals surface area contributed by atoms with Gasteiger partial charge >= 0.3 is 5.97 Å². The molecule has 0 fully saturated rings. The first kappa shape index (κ1) is 11.7. The number of ether oxygens (including phenoxy) is 1. The van der Waals surface area contributed by atoms with Gasteiger partial charge in [0.05, 0.1) is 5.56 Å². The summed E-state index contributed by atoms with van der Waals surface area (Å²) in [7, 11) is 0. The molecule has 0 radical (unpaired) electrons. The van der Waals surface area contributed by atoms with Gasteiger partial charge in [-0.15, -0.1) is 0 Å². The van der Waals surface area contributed by atoms with E-state index in [0.29, 0.717) is 16.3 Å². The van der Waals surface area contributed by atoms with Crippen LogP contribution >= 0.6 is 11.6 Å². The highest BCUT2D eigenvalue weighted by Crippen LogP contribution is 2.19. The number of halogens is 1. The third-order valence-electron chi connectivity index (χ3n) is 2.36. The van der Waals surface area contributed by atoms with Crippen LogP contribution in [0.1, 0.15) is 15.9 Å². The molecule has 0 aliphatic carbocycles. The Bertz CT molecular complexity index is 549. The molecule has 2 rings (SSSR count). The number of hydrogen-bond donors (Lipinski definition) is 0. The minimum absolute atomic E-state index is 0.401. The fourth-order valence-electron chi connectivity index (χ4n) is 1.45. The lowest BCUT2D eigenvalue weighted by molar-refractivity contribution is 0.0733. The van der Waals surface area contributed by atoms with Gasteiger partial charge in [0.2, 0.25) is 0 Å². The Balaban J connectivity index is 2.20. The molecule has 0 aromatic heterocycles. The van der Waals surface area contributed by atoms with Crippen LogP contribution in [0.5, 0.6) is 5.75 Å². The second-order valence-corrected chi connectivity index (χ2v) is 4.10. The highest BCUT2D eigenvalue weighted by atomic mass is 35.5. The summed E-state index contributed by atoms with van der Waals surface area (Å²) < 4.78 is 5.29. The Kier molecular flexibility index (Phi) is 3.45. The fraction of sp³-hybridized carbons (Fsp3) is 0.0714. The lowest BCUT2D eigenvalue weighted by atomic mass is 10.2. The summed E-state index contributed by atoms with van der Waals surface area (Å²) in [5, 5.41) is 0.518. The lowest BCUT2D eigenvalue weighted by Gasteiger charge is -2.06. The van der Waals surface area contributed by atoms with Crippen LogP contribution in [0.2, 0.25) is 5.02 Å². The van der Waals surface area contributed by atoms with E-state index in [1.165, 1.54) is 0 Å². The van der Waals surface area contributed by atoms with Gasteiger partial charge in [-0.25, -0.2) is 4.79 Å². The molecule has 86 valence electrons. The quantitative estimate of drug-likeness (QED) is 0.594. The molecule has 0 saturated carbocycles. The summed E-state index contributed by atoms with van der Waals surface area (Å²) in [6.07, 6.45) is 0. The molecule has 3 heteroatoms. The normalized spacial score (nSPS) is 10.0. The first-order valence-electron chi connectivity index (χ1n) is 5.20. The largest absolute Gasteiger partial charge is 0.423 e. The smallest absolute Gasteiger partial charge is 0.343 e. The van der Waals surface area contributed by atoms with Crippen LogP contribution in [0, 0.1) is 6.92 Å². The average molecular weight is 247 g/mol. The number of carbonyl (C=O) groups is 1. The number of esters is 1. The molecule has 0 bridgehead atoms. The Labute approximate surface area is 105 Å². The standard InChI is InChI=1S/C14H11ClO2/c1-10-5-2-3-8-13(10)17-14(16)11-6-4-7-12(15)9-11/h2-9H,1H3. The number of hydrogen-bond acceptors (Lipinski definition) is 2. The van der Waals surface area contributed by atoms with Gasteiger partial charge < -0.3 is 4.74 Å². The van der Waals surface area contributed by atoms with E-state index >= 15 is 0 Å². The van der Waals surface area contributed by atoms with Crippen molar-refractivity contribution in [2.45, 2.75) is 6.92 Å². The summed E-state index contributed by atoms with van der Waals surface area (Å²) in [5.74, 6) is 0.166. The minimum atomic E-state index is -0.401. The first-order chi connectivity index (χ1) is 8.16. The van der Waals surface area contributed by atoms with Crippen LogP contribution in [-0.4, -0.2) is 5.97 Å². The van der Waals surface area contributed by atoms with E-state index < -0.39 is 5.97 Å². The monoisotopic (exact) mass is 246 g/mol. The third kappa shape index (κ3) is 2.86. The number of para-hydroxylation sites is 1. The molecule has 2 aromatic rings. The van der Waals surface area contributed by atoms with Crippen molar-refractivity contribution in [1.29, 1.82) is 0 Å². The van der Waals surface area contributed by atoms with Crippen LogP contribution in [0.25, 0.3) is 0 Å². The summed E-state index contributed by atoms with van der Waals surface area (Å²) in [5.41, 5.74) is 1.36. The fourth-order valence-corrected chi connectivity index (χ4v) is 1.64. The lowest BCUT2D eigenvalue weighted by Crippen LogP contribution is -2.09. The van der Waals surface area contributed by atoms with E-state index in [2.05, 4.69) is 0 Å². The molecule has 0 aliphatic rings. The summed E-state index contributed by atoms with van der Waals surface area (Å²) in [4.78, 5) is 11.8. The van der Waals surface area contributed by atoms with Crippen molar-refractivity contribution >= 4 is 17.6 Å². The van der Waals surface area contributed by atoms with Crippen LogP contribution in [0.4, 0.5) is 0 Å². The Morgan fingerprint density at radius 2 is 1.88 bits per heavy atom. The molecular formula is C14H11ClO2. The summed E-state index contributed by atoms with van der Waals surface area (Å²) in [6.45, 7) is 1.89. The second kappa shape index (κ2) is 5.02. The Morgan fingerprint density at radius 1 is 1.12 bits per heavy atom. The number of rotatable bonds is 2. The van der Waals surface area contributed by atoms with E-state index in [-0.39, 0.29) is 0 Å². The van der Waals surface area contributed by atoms with Crippen molar-refractivity contribution in [3.63, 3.8) is 0 Å². The number of carbonyl (C=O) groups excluding carboxylic acids is 1. The number of benzene rings is 2. The average Bonchev–Trinajstić information content (AvgIpc) is 2.32. The van der Waals surface area contributed by atoms with Crippen LogP contribution < -0.4 is 4.74 Å². The van der Waals surface area contributed by atoms with Gasteiger partial charge in [-0.3, -0.25) is 0 Å².